The van der Waals surface area contributed by atoms with E-state index in [4.69, 9.17) is 14.2 Å². The molecule has 2 amide bonds. The summed E-state index contributed by atoms with van der Waals surface area (Å²) in [6, 6.07) is 21.5. The predicted molar refractivity (Wildman–Crippen MR) is 181 cm³/mol. The Labute approximate surface area is 278 Å². The fraction of sp³-hybridized carbons (Fsp3) is 0.400. The van der Waals surface area contributed by atoms with E-state index < -0.39 is 25.9 Å². The van der Waals surface area contributed by atoms with E-state index >= 15 is 0 Å². The summed E-state index contributed by atoms with van der Waals surface area (Å²) in [6.45, 7) is 8.29. The third kappa shape index (κ3) is 5.27. The molecule has 3 heterocycles. The molecule has 2 fully saturated rings. The molecule has 1 N–H and O–H groups in total. The first-order valence-corrected chi connectivity index (χ1v) is 19.4. The summed E-state index contributed by atoms with van der Waals surface area (Å²) in [6.07, 6.45) is -0.393. The van der Waals surface area contributed by atoms with Crippen molar-refractivity contribution >= 4 is 58.3 Å². The average molecular weight is 708 g/mol. The molecule has 0 bridgehead atoms. The molecule has 3 aliphatic rings. The number of carbonyl (C=O) groups is 3. The van der Waals surface area contributed by atoms with Crippen molar-refractivity contribution in [2.75, 3.05) is 23.5 Å². The summed E-state index contributed by atoms with van der Waals surface area (Å²) in [4.78, 5) is 42.2. The number of ether oxygens (including phenoxy) is 3. The van der Waals surface area contributed by atoms with Gasteiger partial charge in [-0.05, 0) is 60.0 Å². The van der Waals surface area contributed by atoms with Crippen LogP contribution in [0.2, 0.25) is 18.6 Å². The molecule has 1 unspecified atom stereocenters. The number of esters is 1. The fourth-order valence-corrected chi connectivity index (χ4v) is 12.2. The molecular formula is C35H39BrN2O7Si. The summed E-state index contributed by atoms with van der Waals surface area (Å²) in [5.41, 5.74) is 1.82. The largest absolute Gasteiger partial charge is 0.497 e. The monoisotopic (exact) mass is 706 g/mol. The molecule has 5 atom stereocenters. The quantitative estimate of drug-likeness (QED) is 0.185. The number of halogens is 1. The van der Waals surface area contributed by atoms with Crippen LogP contribution in [0.3, 0.4) is 0 Å². The summed E-state index contributed by atoms with van der Waals surface area (Å²) in [7, 11) is -0.638. The standard InChI is InChI=1S/C35H39BrN2O7Si/c1-21-33(46(4,5)27-12-10-26(43-3)11-13-27)30(15-16-39)45-35(21)28-18-24(36)9-14-29(28)37(34(35)42)20-23-7-6-8-25(17-23)38-31(41)19-32(38)44-22(2)40/h6-14,17-18,21,30,32-33,39H,15-16,19-20H2,1-5H3/t21-,30+,32?,33-,35+/m0/s1. The number of fused-ring (bicyclic) bond motifs is 2. The zero-order chi connectivity index (χ0) is 33.0. The van der Waals surface area contributed by atoms with Crippen LogP contribution >= 0.6 is 15.9 Å². The first kappa shape index (κ1) is 32.4. The molecule has 3 aromatic carbocycles. The number of methoxy groups -OCH3 is 1. The van der Waals surface area contributed by atoms with Crippen molar-refractivity contribution in [1.82, 2.24) is 0 Å². The Kier molecular flexibility index (Phi) is 8.64. The molecular weight excluding hydrogens is 668 g/mol. The smallest absolute Gasteiger partial charge is 0.304 e. The molecule has 3 aromatic rings. The fourth-order valence-electron chi connectivity index (χ4n) is 7.81. The highest BCUT2D eigenvalue weighted by atomic mass is 79.9. The minimum absolute atomic E-state index is 0.0303. The van der Waals surface area contributed by atoms with Gasteiger partial charge in [0.25, 0.3) is 5.91 Å². The number of hydrogen-bond donors (Lipinski definition) is 1. The maximum atomic E-state index is 14.9. The normalized spacial score (nSPS) is 25.5. The van der Waals surface area contributed by atoms with Crippen molar-refractivity contribution in [3.8, 4) is 5.75 Å². The van der Waals surface area contributed by atoms with Gasteiger partial charge in [0.05, 0.1) is 39.9 Å². The van der Waals surface area contributed by atoms with E-state index in [9.17, 15) is 19.5 Å². The number of anilines is 2. The zero-order valence-corrected chi connectivity index (χ0v) is 29.2. The lowest BCUT2D eigenvalue weighted by atomic mass is 9.82. The number of β-lactam (4-membered cyclic amide) rings is 1. The van der Waals surface area contributed by atoms with E-state index in [1.807, 2.05) is 48.5 Å². The predicted octanol–water partition coefficient (Wildman–Crippen LogP) is 5.23. The number of hydrogen-bond acceptors (Lipinski definition) is 7. The molecule has 0 aromatic heterocycles. The molecule has 0 radical (unpaired) electrons. The number of benzene rings is 3. The topological polar surface area (TPSA) is 106 Å². The van der Waals surface area contributed by atoms with Crippen molar-refractivity contribution in [1.29, 1.82) is 0 Å². The number of aliphatic hydroxyl groups excluding tert-OH is 1. The van der Waals surface area contributed by atoms with Gasteiger partial charge in [-0.1, -0.05) is 65.4 Å². The minimum Gasteiger partial charge on any atom is -0.497 e. The lowest BCUT2D eigenvalue weighted by molar-refractivity contribution is -0.154. The van der Waals surface area contributed by atoms with Crippen molar-refractivity contribution in [2.24, 2.45) is 5.92 Å². The number of carbonyl (C=O) groups excluding carboxylic acids is 3. The Morgan fingerprint density at radius 3 is 2.50 bits per heavy atom. The minimum atomic E-state index is -2.29. The Morgan fingerprint density at radius 2 is 1.85 bits per heavy atom. The van der Waals surface area contributed by atoms with Crippen LogP contribution in [-0.2, 0) is 36.0 Å². The molecule has 242 valence electrons. The van der Waals surface area contributed by atoms with Crippen LogP contribution in [0.4, 0.5) is 11.4 Å². The van der Waals surface area contributed by atoms with E-state index in [0.717, 1.165) is 27.0 Å². The zero-order valence-electron chi connectivity index (χ0n) is 26.7. The van der Waals surface area contributed by atoms with Crippen LogP contribution < -0.4 is 19.7 Å². The average Bonchev–Trinajstić information content (AvgIpc) is 3.43. The van der Waals surface area contributed by atoms with E-state index in [1.54, 1.807) is 18.1 Å². The molecule has 3 aliphatic heterocycles. The third-order valence-electron chi connectivity index (χ3n) is 9.95. The molecule has 9 nitrogen and oxygen atoms in total. The number of amides is 2. The number of rotatable bonds is 9. The maximum absolute atomic E-state index is 14.9. The molecule has 46 heavy (non-hydrogen) atoms. The SMILES string of the molecule is COc1ccc([Si](C)(C)[C@@H]2[C@@H](CCO)O[C@]3(C(=O)N(Cc4cccc(N5C(=O)CC5OC(C)=O)c4)c4ccc(Br)cc43)[C@H]2C)cc1. The Morgan fingerprint density at radius 1 is 1.11 bits per heavy atom. The van der Waals surface area contributed by atoms with Crippen molar-refractivity contribution in [3.63, 3.8) is 0 Å². The molecule has 6 rings (SSSR count). The molecule has 0 aliphatic carbocycles. The number of nitrogens with zero attached hydrogens (tertiary/aromatic N) is 2. The third-order valence-corrected chi connectivity index (χ3v) is 14.8. The van der Waals surface area contributed by atoms with Crippen molar-refractivity contribution in [3.05, 3.63) is 82.3 Å². The first-order valence-electron chi connectivity index (χ1n) is 15.6. The van der Waals surface area contributed by atoms with Gasteiger partial charge in [-0.3, -0.25) is 19.3 Å². The molecule has 11 heteroatoms. The molecule has 1 spiro atoms. The summed E-state index contributed by atoms with van der Waals surface area (Å²) < 4.78 is 18.6. The van der Waals surface area contributed by atoms with Crippen LogP contribution in [0, 0.1) is 5.92 Å². The van der Waals surface area contributed by atoms with Gasteiger partial charge < -0.3 is 24.2 Å². The van der Waals surface area contributed by atoms with E-state index in [2.05, 4.69) is 48.1 Å². The van der Waals surface area contributed by atoms with Crippen LogP contribution in [0.25, 0.3) is 0 Å². The lowest BCUT2D eigenvalue weighted by Crippen LogP contribution is -2.54. The second-order valence-electron chi connectivity index (χ2n) is 12.9. The van der Waals surface area contributed by atoms with E-state index in [1.165, 1.54) is 17.0 Å². The van der Waals surface area contributed by atoms with Gasteiger partial charge in [0.1, 0.15) is 5.75 Å². The van der Waals surface area contributed by atoms with E-state index in [0.29, 0.717) is 12.1 Å². The second-order valence-corrected chi connectivity index (χ2v) is 18.5. The highest BCUT2D eigenvalue weighted by molar-refractivity contribution is 9.10. The van der Waals surface area contributed by atoms with Crippen LogP contribution in [0.5, 0.6) is 5.75 Å². The Balaban J connectivity index is 1.37. The summed E-state index contributed by atoms with van der Waals surface area (Å²) in [5, 5.41) is 11.4. The van der Waals surface area contributed by atoms with Gasteiger partial charge in [0.2, 0.25) is 5.91 Å². The van der Waals surface area contributed by atoms with Gasteiger partial charge in [-0.25, -0.2) is 0 Å². The summed E-state index contributed by atoms with van der Waals surface area (Å²) >= 11 is 3.64. The number of aliphatic hydroxyl groups is 1. The van der Waals surface area contributed by atoms with Gasteiger partial charge in [-0.2, -0.15) is 0 Å². The Bertz CT molecular complexity index is 1680. The summed E-state index contributed by atoms with van der Waals surface area (Å²) in [5.74, 6) is -0.115. The highest BCUT2D eigenvalue weighted by Gasteiger charge is 2.66. The highest BCUT2D eigenvalue weighted by Crippen LogP contribution is 2.60. The van der Waals surface area contributed by atoms with Gasteiger partial charge in [0, 0.05) is 35.2 Å². The van der Waals surface area contributed by atoms with Crippen molar-refractivity contribution in [2.45, 2.75) is 69.8 Å². The van der Waals surface area contributed by atoms with Gasteiger partial charge >= 0.3 is 5.97 Å². The molecule has 2 saturated heterocycles. The van der Waals surface area contributed by atoms with Gasteiger partial charge in [0.15, 0.2) is 11.8 Å². The Hall–Kier alpha value is -3.51. The van der Waals surface area contributed by atoms with Crippen molar-refractivity contribution < 1.29 is 33.7 Å². The van der Waals surface area contributed by atoms with Gasteiger partial charge in [-0.15, -0.1) is 0 Å². The maximum Gasteiger partial charge on any atom is 0.304 e. The second kappa shape index (κ2) is 12.3. The first-order chi connectivity index (χ1) is 21.9. The van der Waals surface area contributed by atoms with Crippen LogP contribution in [0.15, 0.2) is 71.2 Å². The lowest BCUT2D eigenvalue weighted by Gasteiger charge is -2.39. The van der Waals surface area contributed by atoms with E-state index in [-0.39, 0.29) is 48.9 Å². The van der Waals surface area contributed by atoms with Crippen LogP contribution in [-0.4, -0.2) is 57.0 Å². The van der Waals surface area contributed by atoms with Crippen LogP contribution in [0.1, 0.15) is 37.8 Å². The molecule has 0 saturated carbocycles.